The second-order valence-electron chi connectivity index (χ2n) is 7.57. The van der Waals surface area contributed by atoms with Crippen molar-refractivity contribution in [2.24, 2.45) is 0 Å². The van der Waals surface area contributed by atoms with E-state index in [0.717, 1.165) is 31.1 Å². The van der Waals surface area contributed by atoms with Crippen LogP contribution in [0.1, 0.15) is 64.9 Å². The lowest BCUT2D eigenvalue weighted by Gasteiger charge is -2.32. The van der Waals surface area contributed by atoms with Crippen LogP contribution >= 0.6 is 0 Å². The molecular weight excluding hydrogens is 275 g/mol. The summed E-state index contributed by atoms with van der Waals surface area (Å²) in [5.41, 5.74) is 1.78. The second kappa shape index (κ2) is 5.50. The molecule has 0 radical (unpaired) electrons. The van der Waals surface area contributed by atoms with E-state index in [-0.39, 0.29) is 18.3 Å². The van der Waals surface area contributed by atoms with Crippen molar-refractivity contribution in [1.82, 2.24) is 0 Å². The van der Waals surface area contributed by atoms with Gasteiger partial charge < -0.3 is 9.31 Å². The standard InChI is InChI=1S/C18H25BO3/c1-17(2)18(3,4)22-19(21-17)15-9-5-13(6-10-15)14-7-11-16(20)12-8-14/h5-6,9-10,14H,7-8,11-12H2,1-4H3. The summed E-state index contributed by atoms with van der Waals surface area (Å²) in [6.45, 7) is 8.28. The Balaban J connectivity index is 1.71. The summed E-state index contributed by atoms with van der Waals surface area (Å²) in [6, 6.07) is 8.55. The van der Waals surface area contributed by atoms with Crippen LogP contribution in [0.4, 0.5) is 0 Å². The van der Waals surface area contributed by atoms with Crippen LogP contribution < -0.4 is 5.46 Å². The summed E-state index contributed by atoms with van der Waals surface area (Å²) in [4.78, 5) is 11.4. The fourth-order valence-electron chi connectivity index (χ4n) is 3.18. The summed E-state index contributed by atoms with van der Waals surface area (Å²) < 4.78 is 12.2. The monoisotopic (exact) mass is 300 g/mol. The van der Waals surface area contributed by atoms with Gasteiger partial charge in [0, 0.05) is 12.8 Å². The van der Waals surface area contributed by atoms with Gasteiger partial charge in [0.15, 0.2) is 0 Å². The summed E-state index contributed by atoms with van der Waals surface area (Å²) in [6.07, 6.45) is 3.41. The normalized spacial score (nSPS) is 24.7. The molecule has 4 heteroatoms. The van der Waals surface area contributed by atoms with E-state index >= 15 is 0 Å². The van der Waals surface area contributed by atoms with Crippen LogP contribution in [0.15, 0.2) is 24.3 Å². The van der Waals surface area contributed by atoms with Crippen molar-refractivity contribution in [1.29, 1.82) is 0 Å². The van der Waals surface area contributed by atoms with Gasteiger partial charge in [-0.3, -0.25) is 4.79 Å². The first-order valence-electron chi connectivity index (χ1n) is 8.26. The van der Waals surface area contributed by atoms with Crippen molar-refractivity contribution >= 4 is 18.4 Å². The molecule has 0 N–H and O–H groups in total. The minimum atomic E-state index is -0.305. The molecule has 1 heterocycles. The molecule has 0 spiro atoms. The Labute approximate surface area is 133 Å². The molecule has 22 heavy (non-hydrogen) atoms. The molecule has 1 saturated heterocycles. The molecule has 0 atom stereocenters. The SMILES string of the molecule is CC1(C)OB(c2ccc(C3CCC(=O)CC3)cc2)OC1(C)C. The number of ketones is 1. The van der Waals surface area contributed by atoms with Gasteiger partial charge in [-0.2, -0.15) is 0 Å². The number of carbonyl (C=O) groups is 1. The molecule has 2 fully saturated rings. The predicted molar refractivity (Wildman–Crippen MR) is 88.4 cm³/mol. The quantitative estimate of drug-likeness (QED) is 0.787. The van der Waals surface area contributed by atoms with Crippen LogP contribution in [-0.2, 0) is 14.1 Å². The van der Waals surface area contributed by atoms with Crippen molar-refractivity contribution in [2.75, 3.05) is 0 Å². The maximum Gasteiger partial charge on any atom is 0.494 e. The van der Waals surface area contributed by atoms with Gasteiger partial charge in [0.05, 0.1) is 11.2 Å². The summed E-state index contributed by atoms with van der Waals surface area (Å²) in [5.74, 6) is 0.926. The predicted octanol–water partition coefficient (Wildman–Crippen LogP) is 3.21. The lowest BCUT2D eigenvalue weighted by Crippen LogP contribution is -2.41. The lowest BCUT2D eigenvalue weighted by molar-refractivity contribution is -0.120. The van der Waals surface area contributed by atoms with Gasteiger partial charge in [-0.1, -0.05) is 24.3 Å². The largest absolute Gasteiger partial charge is 0.494 e. The maximum atomic E-state index is 11.4. The average molecular weight is 300 g/mol. The summed E-state index contributed by atoms with van der Waals surface area (Å²) >= 11 is 0. The smallest absolute Gasteiger partial charge is 0.399 e. The third kappa shape index (κ3) is 2.87. The van der Waals surface area contributed by atoms with Gasteiger partial charge in [-0.25, -0.2) is 0 Å². The highest BCUT2D eigenvalue weighted by molar-refractivity contribution is 6.62. The Morgan fingerprint density at radius 3 is 1.95 bits per heavy atom. The molecule has 1 aromatic carbocycles. The number of hydrogen-bond donors (Lipinski definition) is 0. The van der Waals surface area contributed by atoms with E-state index in [1.807, 2.05) is 0 Å². The van der Waals surface area contributed by atoms with Crippen molar-refractivity contribution in [3.63, 3.8) is 0 Å². The van der Waals surface area contributed by atoms with E-state index in [2.05, 4.69) is 52.0 Å². The Hall–Kier alpha value is -1.13. The van der Waals surface area contributed by atoms with Crippen LogP contribution in [-0.4, -0.2) is 24.1 Å². The van der Waals surface area contributed by atoms with Crippen LogP contribution in [0, 0.1) is 0 Å². The zero-order chi connectivity index (χ0) is 16.0. The van der Waals surface area contributed by atoms with Crippen molar-refractivity contribution in [3.05, 3.63) is 29.8 Å². The number of hydrogen-bond acceptors (Lipinski definition) is 3. The molecule has 1 aromatic rings. The first kappa shape index (κ1) is 15.8. The number of benzene rings is 1. The fraction of sp³-hybridized carbons (Fsp3) is 0.611. The highest BCUT2D eigenvalue weighted by Gasteiger charge is 2.51. The molecule has 0 aromatic heterocycles. The molecule has 1 aliphatic carbocycles. The highest BCUT2D eigenvalue weighted by atomic mass is 16.7. The fourth-order valence-corrected chi connectivity index (χ4v) is 3.18. The Morgan fingerprint density at radius 1 is 0.955 bits per heavy atom. The van der Waals surface area contributed by atoms with Crippen molar-refractivity contribution < 1.29 is 14.1 Å². The molecule has 1 saturated carbocycles. The van der Waals surface area contributed by atoms with Crippen LogP contribution in [0.2, 0.25) is 0 Å². The Kier molecular flexibility index (Phi) is 3.94. The van der Waals surface area contributed by atoms with Gasteiger partial charge in [-0.15, -0.1) is 0 Å². The minimum Gasteiger partial charge on any atom is -0.399 e. The zero-order valence-electron chi connectivity index (χ0n) is 14.0. The van der Waals surface area contributed by atoms with Gasteiger partial charge in [0.2, 0.25) is 0 Å². The summed E-state index contributed by atoms with van der Waals surface area (Å²) in [7, 11) is -0.299. The van der Waals surface area contributed by atoms with Crippen LogP contribution in [0.5, 0.6) is 0 Å². The maximum absolute atomic E-state index is 11.4. The number of Topliss-reactive ketones (excluding diaryl/α,β-unsaturated/α-hetero) is 1. The average Bonchev–Trinajstić information content (AvgIpc) is 2.68. The molecule has 0 unspecified atom stereocenters. The van der Waals surface area contributed by atoms with E-state index < -0.39 is 0 Å². The molecule has 3 rings (SSSR count). The molecule has 1 aliphatic heterocycles. The van der Waals surface area contributed by atoms with E-state index in [0.29, 0.717) is 11.7 Å². The minimum absolute atomic E-state index is 0.299. The van der Waals surface area contributed by atoms with Gasteiger partial charge in [-0.05, 0) is 57.5 Å². The molecule has 0 amide bonds. The van der Waals surface area contributed by atoms with Gasteiger partial charge in [0.1, 0.15) is 5.78 Å². The van der Waals surface area contributed by atoms with E-state index in [4.69, 9.17) is 9.31 Å². The molecule has 118 valence electrons. The highest BCUT2D eigenvalue weighted by Crippen LogP contribution is 2.36. The van der Waals surface area contributed by atoms with Crippen LogP contribution in [0.25, 0.3) is 0 Å². The third-order valence-corrected chi connectivity index (χ3v) is 5.48. The zero-order valence-corrected chi connectivity index (χ0v) is 14.0. The Bertz CT molecular complexity index is 536. The topological polar surface area (TPSA) is 35.5 Å². The van der Waals surface area contributed by atoms with Crippen molar-refractivity contribution in [3.8, 4) is 0 Å². The third-order valence-electron chi connectivity index (χ3n) is 5.48. The number of carbonyl (C=O) groups excluding carboxylic acids is 1. The number of rotatable bonds is 2. The molecule has 3 nitrogen and oxygen atoms in total. The van der Waals surface area contributed by atoms with Crippen LogP contribution in [0.3, 0.4) is 0 Å². The van der Waals surface area contributed by atoms with E-state index in [1.165, 1.54) is 5.56 Å². The van der Waals surface area contributed by atoms with Gasteiger partial charge in [0.25, 0.3) is 0 Å². The molecule has 0 bridgehead atoms. The van der Waals surface area contributed by atoms with E-state index in [9.17, 15) is 4.79 Å². The van der Waals surface area contributed by atoms with Crippen molar-refractivity contribution in [2.45, 2.75) is 70.5 Å². The van der Waals surface area contributed by atoms with Gasteiger partial charge >= 0.3 is 7.12 Å². The lowest BCUT2D eigenvalue weighted by atomic mass is 9.77. The Morgan fingerprint density at radius 2 is 1.45 bits per heavy atom. The molecular formula is C18H25BO3. The first-order chi connectivity index (χ1) is 10.3. The first-order valence-corrected chi connectivity index (χ1v) is 8.26. The molecule has 2 aliphatic rings. The second-order valence-corrected chi connectivity index (χ2v) is 7.57. The van der Waals surface area contributed by atoms with E-state index in [1.54, 1.807) is 0 Å². The summed E-state index contributed by atoms with van der Waals surface area (Å²) in [5, 5.41) is 0.